The Bertz CT molecular complexity index is 375. The Labute approximate surface area is 99.8 Å². The van der Waals surface area contributed by atoms with E-state index in [1.807, 2.05) is 0 Å². The summed E-state index contributed by atoms with van der Waals surface area (Å²) in [6.45, 7) is 0.132. The van der Waals surface area contributed by atoms with Gasteiger partial charge in [0, 0.05) is 18.2 Å². The van der Waals surface area contributed by atoms with Crippen molar-refractivity contribution in [2.24, 2.45) is 5.92 Å². The zero-order chi connectivity index (χ0) is 11.4. The van der Waals surface area contributed by atoms with Crippen LogP contribution in [0.5, 0.6) is 5.75 Å². The number of Topliss-reactive ketones (excluding diaryl/α,β-unsaturated/α-hetero) is 1. The number of hydrogen-bond acceptors (Lipinski definition) is 3. The van der Waals surface area contributed by atoms with Crippen molar-refractivity contribution < 1.29 is 9.53 Å². The normalized spacial score (nSPS) is 16.3. The van der Waals surface area contributed by atoms with Crippen molar-refractivity contribution in [2.75, 3.05) is 6.61 Å². The van der Waals surface area contributed by atoms with E-state index < -0.39 is 0 Å². The van der Waals surface area contributed by atoms with Gasteiger partial charge < -0.3 is 4.74 Å². The molecule has 0 saturated heterocycles. The number of halogens is 1. The van der Waals surface area contributed by atoms with Crippen LogP contribution < -0.4 is 4.74 Å². The quantitative estimate of drug-likeness (QED) is 0.811. The second-order valence-electron chi connectivity index (χ2n) is 4.08. The van der Waals surface area contributed by atoms with Gasteiger partial charge in [0.15, 0.2) is 5.78 Å². The second-order valence-corrected chi connectivity index (χ2v) is 4.51. The molecule has 0 aromatic carbocycles. The number of carbonyl (C=O) groups is 1. The van der Waals surface area contributed by atoms with Gasteiger partial charge >= 0.3 is 0 Å². The Hall–Kier alpha value is -1.09. The van der Waals surface area contributed by atoms with Gasteiger partial charge in [0.2, 0.25) is 0 Å². The highest BCUT2D eigenvalue weighted by Crippen LogP contribution is 2.25. The number of aromatic nitrogens is 1. The van der Waals surface area contributed by atoms with Crippen LogP contribution in [0, 0.1) is 5.92 Å². The van der Waals surface area contributed by atoms with Crippen LogP contribution in [0.1, 0.15) is 25.7 Å². The van der Waals surface area contributed by atoms with E-state index in [0.717, 1.165) is 25.7 Å². The summed E-state index contributed by atoms with van der Waals surface area (Å²) < 4.78 is 5.36. The lowest BCUT2D eigenvalue weighted by Gasteiger charge is -2.09. The summed E-state index contributed by atoms with van der Waals surface area (Å²) in [6.07, 6.45) is 7.44. The molecule has 1 saturated carbocycles. The van der Waals surface area contributed by atoms with E-state index in [2.05, 4.69) is 4.98 Å². The highest BCUT2D eigenvalue weighted by molar-refractivity contribution is 6.30. The lowest BCUT2D eigenvalue weighted by molar-refractivity contribution is -0.124. The summed E-state index contributed by atoms with van der Waals surface area (Å²) in [5.41, 5.74) is 0. The van der Waals surface area contributed by atoms with Gasteiger partial charge in [-0.2, -0.15) is 0 Å². The molecule has 0 atom stereocenters. The first-order valence-electron chi connectivity index (χ1n) is 5.52. The maximum Gasteiger partial charge on any atom is 0.173 e. The summed E-state index contributed by atoms with van der Waals surface area (Å²) in [6, 6.07) is 1.66. The first-order chi connectivity index (χ1) is 7.75. The molecule has 0 N–H and O–H groups in total. The molecule has 1 aromatic rings. The molecule has 1 heterocycles. The van der Waals surface area contributed by atoms with Crippen LogP contribution in [0.4, 0.5) is 0 Å². The predicted molar refractivity (Wildman–Crippen MR) is 61.7 cm³/mol. The highest BCUT2D eigenvalue weighted by atomic mass is 35.5. The summed E-state index contributed by atoms with van der Waals surface area (Å²) in [5.74, 6) is 0.948. The van der Waals surface area contributed by atoms with Crippen LogP contribution in [0.15, 0.2) is 18.5 Å². The molecule has 1 aliphatic carbocycles. The fourth-order valence-corrected chi connectivity index (χ4v) is 2.16. The maximum atomic E-state index is 11.7. The standard InChI is InChI=1S/C12H14ClNO2/c13-10-5-11(7-14-6-10)16-8-12(15)9-3-1-2-4-9/h5-7,9H,1-4,8H2. The zero-order valence-electron chi connectivity index (χ0n) is 8.99. The van der Waals surface area contributed by atoms with Gasteiger partial charge in [-0.3, -0.25) is 9.78 Å². The summed E-state index contributed by atoms with van der Waals surface area (Å²) in [7, 11) is 0. The van der Waals surface area contributed by atoms with Gasteiger partial charge in [-0.15, -0.1) is 0 Å². The molecule has 2 rings (SSSR count). The Morgan fingerprint density at radius 3 is 2.88 bits per heavy atom. The molecule has 0 aliphatic heterocycles. The largest absolute Gasteiger partial charge is 0.484 e. The minimum atomic E-state index is 0.132. The lowest BCUT2D eigenvalue weighted by Crippen LogP contribution is -2.19. The Morgan fingerprint density at radius 1 is 1.44 bits per heavy atom. The van der Waals surface area contributed by atoms with Crippen molar-refractivity contribution in [3.63, 3.8) is 0 Å². The molecule has 1 fully saturated rings. The zero-order valence-corrected chi connectivity index (χ0v) is 9.74. The minimum Gasteiger partial charge on any atom is -0.484 e. The van der Waals surface area contributed by atoms with E-state index in [0.29, 0.717) is 10.8 Å². The third kappa shape index (κ3) is 2.95. The lowest BCUT2D eigenvalue weighted by atomic mass is 10.0. The van der Waals surface area contributed by atoms with Crippen molar-refractivity contribution in [3.8, 4) is 5.75 Å². The molecule has 16 heavy (non-hydrogen) atoms. The Balaban J connectivity index is 1.84. The van der Waals surface area contributed by atoms with E-state index in [9.17, 15) is 4.79 Å². The van der Waals surface area contributed by atoms with E-state index in [-0.39, 0.29) is 18.3 Å². The SMILES string of the molecule is O=C(COc1cncc(Cl)c1)C1CCCC1. The molecule has 0 bridgehead atoms. The van der Waals surface area contributed by atoms with Crippen molar-refractivity contribution >= 4 is 17.4 Å². The van der Waals surface area contributed by atoms with Crippen molar-refractivity contribution in [3.05, 3.63) is 23.5 Å². The first kappa shape index (κ1) is 11.4. The number of carbonyl (C=O) groups excluding carboxylic acids is 1. The molecule has 0 radical (unpaired) electrons. The van der Waals surface area contributed by atoms with Crippen LogP contribution >= 0.6 is 11.6 Å². The van der Waals surface area contributed by atoms with E-state index in [1.54, 1.807) is 12.3 Å². The number of pyridine rings is 1. The number of nitrogens with zero attached hydrogens (tertiary/aromatic N) is 1. The Kier molecular flexibility index (Phi) is 3.78. The van der Waals surface area contributed by atoms with Crippen LogP contribution in [-0.4, -0.2) is 17.4 Å². The van der Waals surface area contributed by atoms with Crippen LogP contribution in [0.3, 0.4) is 0 Å². The summed E-state index contributed by atoms with van der Waals surface area (Å²) in [5, 5.41) is 0.519. The number of ketones is 1. The molecule has 86 valence electrons. The Morgan fingerprint density at radius 2 is 2.19 bits per heavy atom. The van der Waals surface area contributed by atoms with Crippen molar-refractivity contribution in [2.45, 2.75) is 25.7 Å². The molecule has 0 unspecified atom stereocenters. The van der Waals surface area contributed by atoms with Gasteiger partial charge in [-0.1, -0.05) is 24.4 Å². The summed E-state index contributed by atoms with van der Waals surface area (Å²) >= 11 is 5.76. The van der Waals surface area contributed by atoms with Gasteiger partial charge in [-0.25, -0.2) is 0 Å². The average Bonchev–Trinajstić information content (AvgIpc) is 2.79. The van der Waals surface area contributed by atoms with Gasteiger partial charge in [0.25, 0.3) is 0 Å². The third-order valence-corrected chi connectivity index (χ3v) is 3.08. The van der Waals surface area contributed by atoms with Gasteiger partial charge in [0.05, 0.1) is 11.2 Å². The average molecular weight is 240 g/mol. The predicted octanol–water partition coefficient (Wildman–Crippen LogP) is 2.87. The van der Waals surface area contributed by atoms with Crippen molar-refractivity contribution in [1.82, 2.24) is 4.98 Å². The molecule has 4 heteroatoms. The van der Waals surface area contributed by atoms with Crippen molar-refractivity contribution in [1.29, 1.82) is 0 Å². The van der Waals surface area contributed by atoms with Crippen LogP contribution in [-0.2, 0) is 4.79 Å². The topological polar surface area (TPSA) is 39.2 Å². The summed E-state index contributed by atoms with van der Waals surface area (Å²) in [4.78, 5) is 15.6. The van der Waals surface area contributed by atoms with Gasteiger partial charge in [0.1, 0.15) is 12.4 Å². The number of rotatable bonds is 4. The molecule has 1 aliphatic rings. The number of ether oxygens (including phenoxy) is 1. The fraction of sp³-hybridized carbons (Fsp3) is 0.500. The molecule has 0 amide bonds. The number of hydrogen-bond donors (Lipinski definition) is 0. The monoisotopic (exact) mass is 239 g/mol. The molecular formula is C12H14ClNO2. The molecule has 0 spiro atoms. The molecule has 1 aromatic heterocycles. The second kappa shape index (κ2) is 5.30. The fourth-order valence-electron chi connectivity index (χ4n) is 1.99. The maximum absolute atomic E-state index is 11.7. The van der Waals surface area contributed by atoms with Crippen LogP contribution in [0.25, 0.3) is 0 Å². The molecular weight excluding hydrogens is 226 g/mol. The first-order valence-corrected chi connectivity index (χ1v) is 5.89. The third-order valence-electron chi connectivity index (χ3n) is 2.87. The van der Waals surface area contributed by atoms with E-state index in [1.165, 1.54) is 6.20 Å². The van der Waals surface area contributed by atoms with Crippen LogP contribution in [0.2, 0.25) is 5.02 Å². The van der Waals surface area contributed by atoms with E-state index in [4.69, 9.17) is 16.3 Å². The minimum absolute atomic E-state index is 0.132. The van der Waals surface area contributed by atoms with Gasteiger partial charge in [-0.05, 0) is 12.8 Å². The smallest absolute Gasteiger partial charge is 0.173 e. The molecule has 3 nitrogen and oxygen atoms in total. The highest BCUT2D eigenvalue weighted by Gasteiger charge is 2.22. The van der Waals surface area contributed by atoms with E-state index >= 15 is 0 Å².